The van der Waals surface area contributed by atoms with Gasteiger partial charge in [0.05, 0.1) is 5.02 Å². The molecule has 1 aliphatic heterocycles. The third-order valence-electron chi connectivity index (χ3n) is 3.46. The lowest BCUT2D eigenvalue weighted by Crippen LogP contribution is -2.36. The molecule has 1 aliphatic rings. The van der Waals surface area contributed by atoms with Crippen LogP contribution in [0.5, 0.6) is 11.5 Å². The Bertz CT molecular complexity index is 642. The van der Waals surface area contributed by atoms with Crippen LogP contribution in [0.2, 0.25) is 5.02 Å². The smallest absolute Gasteiger partial charge is 0.171 e. The van der Waals surface area contributed by atoms with Gasteiger partial charge in [-0.2, -0.15) is 0 Å². The molecule has 2 N–H and O–H groups in total. The quantitative estimate of drug-likeness (QED) is 0.921. The molecule has 0 amide bonds. The van der Waals surface area contributed by atoms with Crippen LogP contribution in [0.15, 0.2) is 36.4 Å². The summed E-state index contributed by atoms with van der Waals surface area (Å²) in [5.41, 5.74) is 8.75. The van der Waals surface area contributed by atoms with Gasteiger partial charge in [-0.25, -0.2) is 0 Å². The molecular formula is C16H16ClNO2. The highest BCUT2D eigenvalue weighted by Gasteiger charge is 2.25. The lowest BCUT2D eigenvalue weighted by Gasteiger charge is -2.28. The fraction of sp³-hybridized carbons (Fsp3) is 0.250. The van der Waals surface area contributed by atoms with Crippen molar-refractivity contribution in [3.05, 3.63) is 47.0 Å². The molecule has 3 nitrogen and oxygen atoms in total. The molecule has 3 rings (SSSR count). The Morgan fingerprint density at radius 3 is 2.80 bits per heavy atom. The van der Waals surface area contributed by atoms with Gasteiger partial charge >= 0.3 is 0 Å². The third kappa shape index (κ3) is 2.23. The first-order valence-corrected chi connectivity index (χ1v) is 6.96. The highest BCUT2D eigenvalue weighted by Crippen LogP contribution is 2.45. The normalized spacial score (nSPS) is 17.1. The van der Waals surface area contributed by atoms with E-state index in [9.17, 15) is 0 Å². The Labute approximate surface area is 123 Å². The first-order chi connectivity index (χ1) is 9.70. The van der Waals surface area contributed by atoms with Crippen LogP contribution in [0.25, 0.3) is 11.1 Å². The van der Waals surface area contributed by atoms with Crippen LogP contribution in [0.3, 0.4) is 0 Å². The van der Waals surface area contributed by atoms with Crippen molar-refractivity contribution in [3.8, 4) is 22.6 Å². The molecular weight excluding hydrogens is 274 g/mol. The summed E-state index contributed by atoms with van der Waals surface area (Å²) in [6, 6.07) is 11.8. The van der Waals surface area contributed by atoms with Crippen LogP contribution in [-0.2, 0) is 0 Å². The van der Waals surface area contributed by atoms with E-state index in [1.165, 1.54) is 0 Å². The SMILES string of the molecule is Cc1ccccc1-c1c(Cl)ccc2c1O[C@@H](CN)CO2. The minimum absolute atomic E-state index is 0.135. The highest BCUT2D eigenvalue weighted by atomic mass is 35.5. The monoisotopic (exact) mass is 289 g/mol. The van der Waals surface area contributed by atoms with E-state index < -0.39 is 0 Å². The highest BCUT2D eigenvalue weighted by molar-refractivity contribution is 6.34. The number of ether oxygens (including phenoxy) is 2. The van der Waals surface area contributed by atoms with Gasteiger partial charge in [-0.05, 0) is 30.2 Å². The molecule has 20 heavy (non-hydrogen) atoms. The minimum Gasteiger partial charge on any atom is -0.486 e. The molecule has 1 heterocycles. The second kappa shape index (κ2) is 5.35. The summed E-state index contributed by atoms with van der Waals surface area (Å²) in [4.78, 5) is 0. The molecule has 2 aromatic carbocycles. The maximum atomic E-state index is 6.39. The van der Waals surface area contributed by atoms with E-state index in [-0.39, 0.29) is 6.10 Å². The molecule has 0 radical (unpaired) electrons. The van der Waals surface area contributed by atoms with Gasteiger partial charge in [0.1, 0.15) is 12.7 Å². The topological polar surface area (TPSA) is 44.5 Å². The molecule has 1 atom stereocenters. The number of hydrogen-bond donors (Lipinski definition) is 1. The first kappa shape index (κ1) is 13.3. The fourth-order valence-electron chi connectivity index (χ4n) is 2.37. The van der Waals surface area contributed by atoms with Gasteiger partial charge in [-0.15, -0.1) is 0 Å². The van der Waals surface area contributed by atoms with Gasteiger partial charge in [-0.1, -0.05) is 35.9 Å². The van der Waals surface area contributed by atoms with E-state index in [1.807, 2.05) is 30.3 Å². The van der Waals surface area contributed by atoms with Crippen molar-refractivity contribution in [1.29, 1.82) is 0 Å². The van der Waals surface area contributed by atoms with E-state index in [0.717, 1.165) is 22.4 Å². The number of nitrogens with two attached hydrogens (primary N) is 1. The zero-order chi connectivity index (χ0) is 14.1. The van der Waals surface area contributed by atoms with E-state index >= 15 is 0 Å². The molecule has 0 aromatic heterocycles. The zero-order valence-corrected chi connectivity index (χ0v) is 12.0. The van der Waals surface area contributed by atoms with Gasteiger partial charge in [0.25, 0.3) is 0 Å². The zero-order valence-electron chi connectivity index (χ0n) is 11.2. The summed E-state index contributed by atoms with van der Waals surface area (Å²) < 4.78 is 11.7. The minimum atomic E-state index is -0.135. The maximum absolute atomic E-state index is 6.39. The lowest BCUT2D eigenvalue weighted by atomic mass is 9.99. The average molecular weight is 290 g/mol. The predicted octanol–water partition coefficient (Wildman–Crippen LogP) is 3.41. The molecule has 2 aromatic rings. The number of fused-ring (bicyclic) bond motifs is 1. The van der Waals surface area contributed by atoms with Gasteiger partial charge in [0, 0.05) is 12.1 Å². The van der Waals surface area contributed by atoms with Gasteiger partial charge in [0.15, 0.2) is 11.5 Å². The lowest BCUT2D eigenvalue weighted by molar-refractivity contribution is 0.0976. The molecule has 0 saturated carbocycles. The predicted molar refractivity (Wildman–Crippen MR) is 80.6 cm³/mol. The van der Waals surface area contributed by atoms with Gasteiger partial charge < -0.3 is 15.2 Å². The van der Waals surface area contributed by atoms with Crippen molar-refractivity contribution in [2.75, 3.05) is 13.2 Å². The summed E-state index contributed by atoms with van der Waals surface area (Å²) in [7, 11) is 0. The summed E-state index contributed by atoms with van der Waals surface area (Å²) in [5.74, 6) is 1.41. The van der Waals surface area contributed by atoms with E-state index in [2.05, 4.69) is 13.0 Å². The van der Waals surface area contributed by atoms with Crippen LogP contribution in [0, 0.1) is 6.92 Å². The molecule has 104 valence electrons. The van der Waals surface area contributed by atoms with Crippen molar-refractivity contribution in [3.63, 3.8) is 0 Å². The fourth-order valence-corrected chi connectivity index (χ4v) is 2.62. The van der Waals surface area contributed by atoms with Crippen LogP contribution in [-0.4, -0.2) is 19.3 Å². The standard InChI is InChI=1S/C16H16ClNO2/c1-10-4-2-3-5-12(10)15-13(17)6-7-14-16(15)20-11(8-18)9-19-14/h2-7,11H,8-9,18H2,1H3/t11-/m0/s1. The molecule has 0 spiro atoms. The summed E-state index contributed by atoms with van der Waals surface area (Å²) >= 11 is 6.39. The molecule has 0 bridgehead atoms. The number of benzene rings is 2. The van der Waals surface area contributed by atoms with Crippen LogP contribution >= 0.6 is 11.6 Å². The molecule has 0 fully saturated rings. The Kier molecular flexibility index (Phi) is 3.55. The Morgan fingerprint density at radius 1 is 1.25 bits per heavy atom. The Morgan fingerprint density at radius 2 is 2.05 bits per heavy atom. The van der Waals surface area contributed by atoms with Crippen molar-refractivity contribution < 1.29 is 9.47 Å². The summed E-state index contributed by atoms with van der Waals surface area (Å²) in [6.45, 7) is 2.94. The number of halogens is 1. The van der Waals surface area contributed by atoms with Crippen LogP contribution < -0.4 is 15.2 Å². The third-order valence-corrected chi connectivity index (χ3v) is 3.77. The van der Waals surface area contributed by atoms with Crippen LogP contribution in [0.1, 0.15) is 5.56 Å². The number of aryl methyl sites for hydroxylation is 1. The Balaban J connectivity index is 2.18. The van der Waals surface area contributed by atoms with Crippen molar-refractivity contribution in [1.82, 2.24) is 0 Å². The summed E-state index contributed by atoms with van der Waals surface area (Å²) in [6.07, 6.45) is -0.135. The van der Waals surface area contributed by atoms with Crippen molar-refractivity contribution in [2.45, 2.75) is 13.0 Å². The van der Waals surface area contributed by atoms with Crippen LogP contribution in [0.4, 0.5) is 0 Å². The van der Waals surface area contributed by atoms with E-state index in [1.54, 1.807) is 0 Å². The first-order valence-electron chi connectivity index (χ1n) is 6.58. The van der Waals surface area contributed by atoms with Crippen molar-refractivity contribution in [2.24, 2.45) is 5.73 Å². The second-order valence-corrected chi connectivity index (χ2v) is 5.26. The van der Waals surface area contributed by atoms with Crippen molar-refractivity contribution >= 4 is 11.6 Å². The number of rotatable bonds is 2. The average Bonchev–Trinajstić information content (AvgIpc) is 2.48. The summed E-state index contributed by atoms with van der Waals surface area (Å²) in [5, 5.41) is 0.652. The maximum Gasteiger partial charge on any atom is 0.171 e. The molecule has 0 saturated heterocycles. The number of hydrogen-bond acceptors (Lipinski definition) is 3. The molecule has 0 aliphatic carbocycles. The molecule has 0 unspecified atom stereocenters. The van der Waals surface area contributed by atoms with Gasteiger partial charge in [0.2, 0.25) is 0 Å². The van der Waals surface area contributed by atoms with Gasteiger partial charge in [-0.3, -0.25) is 0 Å². The second-order valence-electron chi connectivity index (χ2n) is 4.85. The largest absolute Gasteiger partial charge is 0.486 e. The van der Waals surface area contributed by atoms with E-state index in [4.69, 9.17) is 26.8 Å². The van der Waals surface area contributed by atoms with E-state index in [0.29, 0.717) is 23.9 Å². The Hall–Kier alpha value is -1.71. The molecule has 4 heteroatoms.